The number of nitrogen functional groups attached to an aromatic ring is 1. The molecule has 1 saturated heterocycles. The van der Waals surface area contributed by atoms with Crippen LogP contribution in [0, 0.1) is 5.41 Å². The first-order valence-corrected chi connectivity index (χ1v) is 9.27. The molecule has 0 amide bonds. The number of aliphatic hydroxyl groups is 1. The van der Waals surface area contributed by atoms with Crippen LogP contribution < -0.4 is 10.6 Å². The van der Waals surface area contributed by atoms with Crippen molar-refractivity contribution in [2.24, 2.45) is 0 Å². The maximum Gasteiger partial charge on any atom is 0.129 e. The Hall–Kier alpha value is -3.32. The second-order valence-corrected chi connectivity index (χ2v) is 6.87. The highest BCUT2D eigenvalue weighted by molar-refractivity contribution is 6.13. The van der Waals surface area contributed by atoms with Crippen molar-refractivity contribution in [1.82, 2.24) is 15.0 Å². The van der Waals surface area contributed by atoms with E-state index in [9.17, 15) is 5.11 Å². The van der Waals surface area contributed by atoms with Gasteiger partial charge in [-0.1, -0.05) is 6.07 Å². The van der Waals surface area contributed by atoms with Crippen LogP contribution in [0.25, 0.3) is 11.3 Å². The highest BCUT2D eigenvalue weighted by Gasteiger charge is 2.19. The van der Waals surface area contributed by atoms with Crippen molar-refractivity contribution in [1.29, 1.82) is 5.41 Å². The summed E-state index contributed by atoms with van der Waals surface area (Å²) in [5, 5.41) is 18.4. The smallest absolute Gasteiger partial charge is 0.129 e. The van der Waals surface area contributed by atoms with Gasteiger partial charge in [0.2, 0.25) is 0 Å². The first-order valence-electron chi connectivity index (χ1n) is 9.27. The Kier molecular flexibility index (Phi) is 4.99. The summed E-state index contributed by atoms with van der Waals surface area (Å²) in [6, 6.07) is 11.2. The normalized spacial score (nSPS) is 14.8. The fraction of sp³-hybridized carbons (Fsp3) is 0.238. The Morgan fingerprint density at radius 3 is 2.71 bits per heavy atom. The minimum atomic E-state index is -0.236. The van der Waals surface area contributed by atoms with Gasteiger partial charge in [-0.25, -0.2) is 4.98 Å². The Balaban J connectivity index is 1.64. The summed E-state index contributed by atoms with van der Waals surface area (Å²) in [7, 11) is 0. The number of rotatable bonds is 4. The van der Waals surface area contributed by atoms with E-state index in [2.05, 4.69) is 19.9 Å². The van der Waals surface area contributed by atoms with E-state index in [-0.39, 0.29) is 11.8 Å². The zero-order valence-corrected chi connectivity index (χ0v) is 15.4. The maximum absolute atomic E-state index is 9.71. The van der Waals surface area contributed by atoms with Crippen LogP contribution in [0.15, 0.2) is 55.0 Å². The van der Waals surface area contributed by atoms with Crippen LogP contribution in [0.3, 0.4) is 0 Å². The second-order valence-electron chi connectivity index (χ2n) is 6.87. The molecule has 7 nitrogen and oxygen atoms in total. The molecule has 0 saturated carbocycles. The largest absolute Gasteiger partial charge is 0.397 e. The monoisotopic (exact) mass is 374 g/mol. The average molecular weight is 374 g/mol. The van der Waals surface area contributed by atoms with Crippen molar-refractivity contribution in [2.75, 3.05) is 23.7 Å². The van der Waals surface area contributed by atoms with E-state index in [4.69, 9.17) is 11.1 Å². The van der Waals surface area contributed by atoms with E-state index in [1.54, 1.807) is 24.7 Å². The van der Waals surface area contributed by atoms with Crippen LogP contribution in [0.1, 0.15) is 24.1 Å². The van der Waals surface area contributed by atoms with Gasteiger partial charge >= 0.3 is 0 Å². The molecule has 0 unspecified atom stereocenters. The zero-order chi connectivity index (χ0) is 19.5. The van der Waals surface area contributed by atoms with Gasteiger partial charge in [-0.15, -0.1) is 0 Å². The number of piperidine rings is 1. The maximum atomic E-state index is 9.71. The van der Waals surface area contributed by atoms with Crippen LogP contribution in [0.2, 0.25) is 0 Å². The summed E-state index contributed by atoms with van der Waals surface area (Å²) < 4.78 is 0. The van der Waals surface area contributed by atoms with Crippen molar-refractivity contribution in [2.45, 2.75) is 18.9 Å². The summed E-state index contributed by atoms with van der Waals surface area (Å²) in [5.74, 6) is 0.814. The van der Waals surface area contributed by atoms with Gasteiger partial charge in [-0.05, 0) is 43.2 Å². The van der Waals surface area contributed by atoms with E-state index in [1.165, 1.54) is 0 Å². The number of pyridine rings is 3. The Morgan fingerprint density at radius 2 is 1.96 bits per heavy atom. The molecule has 3 aromatic rings. The minimum Gasteiger partial charge on any atom is -0.397 e. The number of aliphatic hydroxyl groups excluding tert-OH is 1. The Morgan fingerprint density at radius 1 is 1.14 bits per heavy atom. The van der Waals surface area contributed by atoms with Crippen molar-refractivity contribution in [3.05, 3.63) is 66.2 Å². The van der Waals surface area contributed by atoms with Crippen LogP contribution in [-0.2, 0) is 0 Å². The molecule has 0 radical (unpaired) electrons. The number of nitrogens with zero attached hydrogens (tertiary/aromatic N) is 4. The van der Waals surface area contributed by atoms with E-state index in [1.807, 2.05) is 30.3 Å². The van der Waals surface area contributed by atoms with Gasteiger partial charge in [0.1, 0.15) is 5.82 Å². The number of anilines is 2. The van der Waals surface area contributed by atoms with E-state index in [0.29, 0.717) is 22.6 Å². The first kappa shape index (κ1) is 18.1. The number of aromatic nitrogens is 3. The van der Waals surface area contributed by atoms with Crippen molar-refractivity contribution in [3.8, 4) is 11.3 Å². The van der Waals surface area contributed by atoms with E-state index < -0.39 is 0 Å². The molecule has 0 spiro atoms. The lowest BCUT2D eigenvalue weighted by atomic mass is 10.0. The van der Waals surface area contributed by atoms with Crippen LogP contribution >= 0.6 is 0 Å². The summed E-state index contributed by atoms with van der Waals surface area (Å²) in [5.41, 5.74) is 9.53. The number of nitrogens with two attached hydrogens (primary N) is 1. The van der Waals surface area contributed by atoms with E-state index in [0.717, 1.165) is 37.3 Å². The lowest BCUT2D eigenvalue weighted by molar-refractivity contribution is 0.145. The van der Waals surface area contributed by atoms with Gasteiger partial charge in [0.25, 0.3) is 0 Å². The zero-order valence-electron chi connectivity index (χ0n) is 15.4. The minimum absolute atomic E-state index is 0.236. The molecular weight excluding hydrogens is 352 g/mol. The number of hydrogen-bond donors (Lipinski definition) is 3. The van der Waals surface area contributed by atoms with Crippen molar-refractivity contribution < 1.29 is 5.11 Å². The third-order valence-corrected chi connectivity index (χ3v) is 4.94. The van der Waals surface area contributed by atoms with Crippen LogP contribution in [0.4, 0.5) is 11.5 Å². The molecule has 4 N–H and O–H groups in total. The molecule has 28 heavy (non-hydrogen) atoms. The third kappa shape index (κ3) is 3.70. The van der Waals surface area contributed by atoms with Gasteiger partial charge < -0.3 is 15.7 Å². The summed E-state index contributed by atoms with van der Waals surface area (Å²) in [6.45, 7) is 1.51. The van der Waals surface area contributed by atoms with Gasteiger partial charge in [-0.2, -0.15) is 0 Å². The van der Waals surface area contributed by atoms with Crippen LogP contribution in [0.5, 0.6) is 0 Å². The molecule has 1 aliphatic heterocycles. The van der Waals surface area contributed by atoms with Crippen LogP contribution in [-0.4, -0.2) is 45.0 Å². The highest BCUT2D eigenvalue weighted by Crippen LogP contribution is 2.24. The molecule has 4 heterocycles. The predicted molar refractivity (Wildman–Crippen MR) is 110 cm³/mol. The first-order chi connectivity index (χ1) is 13.6. The second kappa shape index (κ2) is 7.74. The molecule has 3 aromatic heterocycles. The summed E-state index contributed by atoms with van der Waals surface area (Å²) >= 11 is 0. The summed E-state index contributed by atoms with van der Waals surface area (Å²) in [4.78, 5) is 15.3. The molecule has 4 rings (SSSR count). The molecule has 1 aliphatic rings. The fourth-order valence-electron chi connectivity index (χ4n) is 3.33. The third-order valence-electron chi connectivity index (χ3n) is 4.94. The van der Waals surface area contributed by atoms with Crippen molar-refractivity contribution in [3.63, 3.8) is 0 Å². The quantitative estimate of drug-likeness (QED) is 0.605. The van der Waals surface area contributed by atoms with Gasteiger partial charge in [0.15, 0.2) is 0 Å². The SMILES string of the molecule is N=C(c1cccc(N2CCC(O)CC2)n1)c1cc(-c2cccnc2)ncc1N. The highest BCUT2D eigenvalue weighted by atomic mass is 16.3. The summed E-state index contributed by atoms with van der Waals surface area (Å²) in [6.07, 6.45) is 6.24. The molecule has 1 fully saturated rings. The molecule has 142 valence electrons. The fourth-order valence-corrected chi connectivity index (χ4v) is 3.33. The topological polar surface area (TPSA) is 112 Å². The Bertz CT molecular complexity index is 983. The standard InChI is InChI=1S/C21H22N6O/c22-17-13-25-19(14-3-2-8-24-12-14)11-16(17)21(23)18-4-1-5-20(26-18)27-9-6-15(28)7-10-27/h1-5,8,11-13,15,23,28H,6-7,9-10,22H2. The average Bonchev–Trinajstić information content (AvgIpc) is 2.75. The Labute approximate surface area is 163 Å². The number of nitrogens with one attached hydrogen (secondary N) is 1. The lowest BCUT2D eigenvalue weighted by Gasteiger charge is -2.30. The molecule has 0 aromatic carbocycles. The molecule has 0 atom stereocenters. The predicted octanol–water partition coefficient (Wildman–Crippen LogP) is 2.50. The molecular formula is C21H22N6O. The van der Waals surface area contributed by atoms with Crippen molar-refractivity contribution >= 4 is 17.2 Å². The van der Waals surface area contributed by atoms with Gasteiger partial charge in [-0.3, -0.25) is 15.4 Å². The molecule has 0 bridgehead atoms. The van der Waals surface area contributed by atoms with Gasteiger partial charge in [0.05, 0.1) is 35.1 Å². The lowest BCUT2D eigenvalue weighted by Crippen LogP contribution is -2.36. The van der Waals surface area contributed by atoms with E-state index >= 15 is 0 Å². The molecule has 7 heteroatoms. The molecule has 0 aliphatic carbocycles. The number of hydrogen-bond acceptors (Lipinski definition) is 7. The van der Waals surface area contributed by atoms with Gasteiger partial charge in [0, 0.05) is 36.6 Å².